The number of rotatable bonds is 3. The third-order valence-electron chi connectivity index (χ3n) is 2.44. The molecule has 1 saturated heterocycles. The Morgan fingerprint density at radius 1 is 1.79 bits per heavy atom. The molecule has 1 aliphatic rings. The molecule has 1 aliphatic heterocycles. The molecule has 1 atom stereocenters. The first-order valence-corrected chi connectivity index (χ1v) is 4.54. The summed E-state index contributed by atoms with van der Waals surface area (Å²) in [4.78, 5) is 23.1. The molecule has 0 radical (unpaired) electrons. The zero-order valence-electron chi connectivity index (χ0n) is 8.25. The fourth-order valence-electron chi connectivity index (χ4n) is 1.67. The summed E-state index contributed by atoms with van der Waals surface area (Å²) < 4.78 is 9.51. The third kappa shape index (κ3) is 1.64. The van der Waals surface area contributed by atoms with Crippen molar-refractivity contribution in [2.75, 3.05) is 13.7 Å². The lowest BCUT2D eigenvalue weighted by molar-refractivity contribution is -0.176. The summed E-state index contributed by atoms with van der Waals surface area (Å²) in [6.45, 7) is 3.92. The van der Waals surface area contributed by atoms with Crippen LogP contribution in [0.15, 0.2) is 12.7 Å². The molecule has 0 aromatic rings. The number of hydrogen-bond donors (Lipinski definition) is 0. The fraction of sp³-hybridized carbons (Fsp3) is 0.600. The van der Waals surface area contributed by atoms with Gasteiger partial charge < -0.3 is 9.47 Å². The lowest BCUT2D eigenvalue weighted by Gasteiger charge is -2.31. The highest BCUT2D eigenvalue weighted by Gasteiger charge is 2.49. The quantitative estimate of drug-likeness (QED) is 0.386. The molecule has 1 heterocycles. The maximum absolute atomic E-state index is 11.5. The molecule has 1 rings (SSSR count). The summed E-state index contributed by atoms with van der Waals surface area (Å²) >= 11 is 0. The number of allylic oxidation sites excluding steroid dienone is 1. The van der Waals surface area contributed by atoms with Crippen LogP contribution in [0.5, 0.6) is 0 Å². The topological polar surface area (TPSA) is 52.6 Å². The first-order chi connectivity index (χ1) is 6.67. The number of esters is 2. The molecule has 1 fully saturated rings. The summed E-state index contributed by atoms with van der Waals surface area (Å²) in [6, 6.07) is 0. The standard InChI is InChI=1S/C10H14O4/c1-3-5-10(8(11)13-2)6-4-7-14-9(10)12/h3H,1,4-7H2,2H3/t10-/m0/s1. The maximum Gasteiger partial charge on any atom is 0.323 e. The Balaban J connectivity index is 2.93. The Hall–Kier alpha value is -1.32. The van der Waals surface area contributed by atoms with Crippen LogP contribution in [0.3, 0.4) is 0 Å². The molecular formula is C10H14O4. The van der Waals surface area contributed by atoms with E-state index in [-0.39, 0.29) is 6.42 Å². The van der Waals surface area contributed by atoms with E-state index in [0.29, 0.717) is 19.4 Å². The van der Waals surface area contributed by atoms with Gasteiger partial charge in [0.2, 0.25) is 0 Å². The first kappa shape index (κ1) is 10.8. The van der Waals surface area contributed by atoms with Gasteiger partial charge in [0, 0.05) is 0 Å². The van der Waals surface area contributed by atoms with Gasteiger partial charge in [-0.3, -0.25) is 9.59 Å². The van der Waals surface area contributed by atoms with Gasteiger partial charge in [-0.2, -0.15) is 0 Å². The Bertz CT molecular complexity index is 249. The van der Waals surface area contributed by atoms with E-state index in [2.05, 4.69) is 11.3 Å². The number of hydrogen-bond acceptors (Lipinski definition) is 4. The molecular weight excluding hydrogens is 184 g/mol. The highest BCUT2D eigenvalue weighted by molar-refractivity contribution is 6.00. The molecule has 0 aliphatic carbocycles. The van der Waals surface area contributed by atoms with Crippen LogP contribution in [-0.4, -0.2) is 25.7 Å². The molecule has 0 unspecified atom stereocenters. The fourth-order valence-corrected chi connectivity index (χ4v) is 1.67. The molecule has 4 heteroatoms. The average Bonchev–Trinajstić information content (AvgIpc) is 2.20. The van der Waals surface area contributed by atoms with Crippen LogP contribution in [0.1, 0.15) is 19.3 Å². The van der Waals surface area contributed by atoms with Crippen LogP contribution < -0.4 is 0 Å². The van der Waals surface area contributed by atoms with Crippen molar-refractivity contribution in [1.29, 1.82) is 0 Å². The molecule has 0 spiro atoms. The lowest BCUT2D eigenvalue weighted by atomic mass is 9.79. The molecule has 0 N–H and O–H groups in total. The zero-order chi connectivity index (χ0) is 10.6. The second-order valence-electron chi connectivity index (χ2n) is 3.31. The van der Waals surface area contributed by atoms with Crippen LogP contribution >= 0.6 is 0 Å². The van der Waals surface area contributed by atoms with E-state index in [1.807, 2.05) is 0 Å². The molecule has 0 amide bonds. The molecule has 0 aromatic heterocycles. The van der Waals surface area contributed by atoms with Crippen molar-refractivity contribution in [2.45, 2.75) is 19.3 Å². The number of ether oxygens (including phenoxy) is 2. The molecule has 0 saturated carbocycles. The molecule has 14 heavy (non-hydrogen) atoms. The Morgan fingerprint density at radius 2 is 2.50 bits per heavy atom. The van der Waals surface area contributed by atoms with Crippen LogP contribution in [0.25, 0.3) is 0 Å². The average molecular weight is 198 g/mol. The normalized spacial score (nSPS) is 26.5. The summed E-state index contributed by atoms with van der Waals surface area (Å²) in [5, 5.41) is 0. The molecule has 78 valence electrons. The SMILES string of the molecule is C=CC[C@@]1(C(=O)OC)CCCOC1=O. The minimum Gasteiger partial charge on any atom is -0.468 e. The van der Waals surface area contributed by atoms with E-state index < -0.39 is 17.4 Å². The minimum atomic E-state index is -1.14. The van der Waals surface area contributed by atoms with Crippen molar-refractivity contribution in [3.8, 4) is 0 Å². The van der Waals surface area contributed by atoms with Crippen molar-refractivity contribution in [3.63, 3.8) is 0 Å². The van der Waals surface area contributed by atoms with Crippen LogP contribution in [0.2, 0.25) is 0 Å². The monoisotopic (exact) mass is 198 g/mol. The van der Waals surface area contributed by atoms with Crippen LogP contribution in [-0.2, 0) is 19.1 Å². The highest BCUT2D eigenvalue weighted by atomic mass is 16.6. The van der Waals surface area contributed by atoms with Gasteiger partial charge in [-0.25, -0.2) is 0 Å². The van der Waals surface area contributed by atoms with Crippen molar-refractivity contribution in [2.24, 2.45) is 5.41 Å². The second kappa shape index (κ2) is 4.26. The molecule has 0 aromatic carbocycles. The van der Waals surface area contributed by atoms with Gasteiger partial charge >= 0.3 is 11.9 Å². The number of methoxy groups -OCH3 is 1. The minimum absolute atomic E-state index is 0.276. The second-order valence-corrected chi connectivity index (χ2v) is 3.31. The van der Waals surface area contributed by atoms with Gasteiger partial charge in [-0.1, -0.05) is 6.08 Å². The largest absolute Gasteiger partial charge is 0.468 e. The summed E-state index contributed by atoms with van der Waals surface area (Å²) in [5.41, 5.74) is -1.14. The molecule has 4 nitrogen and oxygen atoms in total. The van der Waals surface area contributed by atoms with Crippen molar-refractivity contribution < 1.29 is 19.1 Å². The number of carbonyl (C=O) groups is 2. The van der Waals surface area contributed by atoms with Gasteiger partial charge in [0.15, 0.2) is 5.41 Å². The smallest absolute Gasteiger partial charge is 0.323 e. The Kier molecular flexibility index (Phi) is 3.28. The van der Waals surface area contributed by atoms with E-state index in [0.717, 1.165) is 0 Å². The summed E-state index contributed by atoms with van der Waals surface area (Å²) in [5.74, 6) is -1.02. The van der Waals surface area contributed by atoms with E-state index in [4.69, 9.17) is 4.74 Å². The Morgan fingerprint density at radius 3 is 3.00 bits per heavy atom. The highest BCUT2D eigenvalue weighted by Crippen LogP contribution is 2.35. The molecule has 0 bridgehead atoms. The van der Waals surface area contributed by atoms with E-state index in [1.54, 1.807) is 6.08 Å². The van der Waals surface area contributed by atoms with Crippen molar-refractivity contribution in [3.05, 3.63) is 12.7 Å². The van der Waals surface area contributed by atoms with E-state index >= 15 is 0 Å². The van der Waals surface area contributed by atoms with Crippen LogP contribution in [0, 0.1) is 5.41 Å². The first-order valence-electron chi connectivity index (χ1n) is 4.54. The van der Waals surface area contributed by atoms with E-state index in [1.165, 1.54) is 7.11 Å². The van der Waals surface area contributed by atoms with Gasteiger partial charge in [-0.15, -0.1) is 6.58 Å². The number of cyclic esters (lactones) is 1. The van der Waals surface area contributed by atoms with Gasteiger partial charge in [-0.05, 0) is 19.3 Å². The predicted molar refractivity (Wildman–Crippen MR) is 49.5 cm³/mol. The number of carbonyl (C=O) groups excluding carboxylic acids is 2. The van der Waals surface area contributed by atoms with Gasteiger partial charge in [0.05, 0.1) is 13.7 Å². The van der Waals surface area contributed by atoms with Crippen molar-refractivity contribution >= 4 is 11.9 Å². The zero-order valence-corrected chi connectivity index (χ0v) is 8.25. The summed E-state index contributed by atoms with van der Waals surface area (Å²) in [7, 11) is 1.27. The summed E-state index contributed by atoms with van der Waals surface area (Å²) in [6.07, 6.45) is 2.99. The van der Waals surface area contributed by atoms with Gasteiger partial charge in [0.25, 0.3) is 0 Å². The van der Waals surface area contributed by atoms with Gasteiger partial charge in [0.1, 0.15) is 0 Å². The Labute approximate surface area is 82.9 Å². The predicted octanol–water partition coefficient (Wildman–Crippen LogP) is 1.06. The lowest BCUT2D eigenvalue weighted by Crippen LogP contribution is -2.44. The maximum atomic E-state index is 11.5. The van der Waals surface area contributed by atoms with Crippen molar-refractivity contribution in [1.82, 2.24) is 0 Å². The third-order valence-corrected chi connectivity index (χ3v) is 2.44. The van der Waals surface area contributed by atoms with E-state index in [9.17, 15) is 9.59 Å². The van der Waals surface area contributed by atoms with Crippen LogP contribution in [0.4, 0.5) is 0 Å².